The van der Waals surface area contributed by atoms with Crippen LogP contribution < -0.4 is 5.48 Å². The zero-order valence-corrected chi connectivity index (χ0v) is 9.85. The highest BCUT2D eigenvalue weighted by Gasteiger charge is 2.11. The Morgan fingerprint density at radius 2 is 2.36 bits per heavy atom. The minimum atomic E-state index is -0.349. The average Bonchev–Trinajstić information content (AvgIpc) is 2.18. The van der Waals surface area contributed by atoms with Crippen molar-refractivity contribution in [3.8, 4) is 0 Å². The number of rotatable bonds is 3. The first-order chi connectivity index (χ1) is 6.66. The highest BCUT2D eigenvalue weighted by atomic mass is 79.9. The zero-order chi connectivity index (χ0) is 10.6. The smallest absolute Gasteiger partial charge is 0.274 e. The largest absolute Gasteiger partial charge is 0.276 e. The third-order valence-corrected chi connectivity index (χ3v) is 2.80. The first kappa shape index (κ1) is 11.5. The van der Waals surface area contributed by atoms with Gasteiger partial charge in [-0.3, -0.25) is 9.63 Å². The van der Waals surface area contributed by atoms with Crippen LogP contribution in [0, 0.1) is 0 Å². The number of carbonyl (C=O) groups is 1. The van der Waals surface area contributed by atoms with Crippen molar-refractivity contribution >= 4 is 33.4 Å². The van der Waals surface area contributed by atoms with Gasteiger partial charge in [-0.1, -0.05) is 17.7 Å². The van der Waals surface area contributed by atoms with Crippen LogP contribution in [0.1, 0.15) is 17.3 Å². The quantitative estimate of drug-likeness (QED) is 0.864. The maximum atomic E-state index is 11.4. The molecule has 0 heterocycles. The van der Waals surface area contributed by atoms with E-state index in [4.69, 9.17) is 16.4 Å². The Balaban J connectivity index is 2.84. The number of amides is 1. The summed E-state index contributed by atoms with van der Waals surface area (Å²) in [6.45, 7) is 2.19. The van der Waals surface area contributed by atoms with Gasteiger partial charge in [-0.15, -0.1) is 0 Å². The Morgan fingerprint density at radius 1 is 1.64 bits per heavy atom. The van der Waals surface area contributed by atoms with Gasteiger partial charge in [-0.05, 0) is 35.0 Å². The Kier molecular flexibility index (Phi) is 4.38. The summed E-state index contributed by atoms with van der Waals surface area (Å²) in [5.41, 5.74) is 2.66. The van der Waals surface area contributed by atoms with Crippen LogP contribution >= 0.6 is 27.5 Å². The molecule has 1 amide bonds. The van der Waals surface area contributed by atoms with Crippen molar-refractivity contribution in [2.75, 3.05) is 6.61 Å². The van der Waals surface area contributed by atoms with Gasteiger partial charge in [0, 0.05) is 4.47 Å². The van der Waals surface area contributed by atoms with Crippen LogP contribution in [0.25, 0.3) is 0 Å². The molecule has 0 atom stereocenters. The molecule has 0 saturated carbocycles. The lowest BCUT2D eigenvalue weighted by atomic mass is 10.2. The molecule has 0 aromatic heterocycles. The fraction of sp³-hybridized carbons (Fsp3) is 0.222. The van der Waals surface area contributed by atoms with Crippen LogP contribution in [0.15, 0.2) is 22.7 Å². The topological polar surface area (TPSA) is 38.3 Å². The number of nitrogens with one attached hydrogen (secondary N) is 1. The van der Waals surface area contributed by atoms with Crippen molar-refractivity contribution in [1.82, 2.24) is 5.48 Å². The van der Waals surface area contributed by atoms with E-state index in [9.17, 15) is 4.79 Å². The second kappa shape index (κ2) is 5.34. The third kappa shape index (κ3) is 2.70. The van der Waals surface area contributed by atoms with E-state index in [2.05, 4.69) is 21.4 Å². The number of halogens is 2. The highest BCUT2D eigenvalue weighted by Crippen LogP contribution is 2.25. The van der Waals surface area contributed by atoms with Crippen LogP contribution in [0.4, 0.5) is 0 Å². The van der Waals surface area contributed by atoms with Gasteiger partial charge >= 0.3 is 0 Å². The molecule has 0 aliphatic carbocycles. The molecular weight excluding hydrogens is 269 g/mol. The molecule has 0 saturated heterocycles. The summed E-state index contributed by atoms with van der Waals surface area (Å²) >= 11 is 9.13. The summed E-state index contributed by atoms with van der Waals surface area (Å²) < 4.78 is 0.684. The Hall–Kier alpha value is -0.580. The number of hydroxylamine groups is 1. The molecule has 0 aliphatic rings. The maximum absolute atomic E-state index is 11.4. The summed E-state index contributed by atoms with van der Waals surface area (Å²) in [6.07, 6.45) is 0. The van der Waals surface area contributed by atoms with E-state index < -0.39 is 0 Å². The minimum Gasteiger partial charge on any atom is -0.274 e. The van der Waals surface area contributed by atoms with Crippen molar-refractivity contribution in [1.29, 1.82) is 0 Å². The molecule has 0 bridgehead atoms. The molecule has 1 N–H and O–H groups in total. The number of hydrogen-bond acceptors (Lipinski definition) is 2. The van der Waals surface area contributed by atoms with E-state index in [1.165, 1.54) is 0 Å². The maximum Gasteiger partial charge on any atom is 0.276 e. The molecule has 0 spiro atoms. The van der Waals surface area contributed by atoms with Gasteiger partial charge in [0.15, 0.2) is 0 Å². The lowest BCUT2D eigenvalue weighted by molar-refractivity contribution is 0.0364. The number of carbonyl (C=O) groups excluding carboxylic acids is 1. The van der Waals surface area contributed by atoms with Crippen molar-refractivity contribution < 1.29 is 9.63 Å². The molecule has 3 nitrogen and oxygen atoms in total. The summed E-state index contributed by atoms with van der Waals surface area (Å²) in [5.74, 6) is -0.349. The van der Waals surface area contributed by atoms with Gasteiger partial charge in [-0.25, -0.2) is 5.48 Å². The summed E-state index contributed by atoms with van der Waals surface area (Å²) in [7, 11) is 0. The van der Waals surface area contributed by atoms with E-state index in [1.807, 2.05) is 0 Å². The molecular formula is C9H9BrClNO2. The standard InChI is InChI=1S/C9H9BrClNO2/c1-2-14-12-9(13)6-4-3-5-7(10)8(6)11/h3-5H,2H2,1H3,(H,12,13). The van der Waals surface area contributed by atoms with E-state index in [0.717, 1.165) is 0 Å². The lowest BCUT2D eigenvalue weighted by Crippen LogP contribution is -2.23. The Bertz CT molecular complexity index is 344. The van der Waals surface area contributed by atoms with Crippen LogP contribution in [0.2, 0.25) is 5.02 Å². The van der Waals surface area contributed by atoms with Crippen molar-refractivity contribution in [2.24, 2.45) is 0 Å². The normalized spacial score (nSPS) is 9.93. The third-order valence-electron chi connectivity index (χ3n) is 1.51. The molecule has 0 unspecified atom stereocenters. The monoisotopic (exact) mass is 277 g/mol. The van der Waals surface area contributed by atoms with Crippen LogP contribution in [0.5, 0.6) is 0 Å². The van der Waals surface area contributed by atoms with Crippen molar-refractivity contribution in [2.45, 2.75) is 6.92 Å². The predicted octanol–water partition coefficient (Wildman–Crippen LogP) is 2.78. The second-order valence-corrected chi connectivity index (χ2v) is 3.70. The van der Waals surface area contributed by atoms with E-state index >= 15 is 0 Å². The van der Waals surface area contributed by atoms with Crippen molar-refractivity contribution in [3.63, 3.8) is 0 Å². The fourth-order valence-corrected chi connectivity index (χ4v) is 1.45. The molecule has 1 aromatic carbocycles. The molecule has 1 rings (SSSR count). The van der Waals surface area contributed by atoms with Gasteiger partial charge < -0.3 is 0 Å². The Labute approximate surface area is 95.5 Å². The molecule has 5 heteroatoms. The first-order valence-corrected chi connectivity index (χ1v) is 5.20. The Morgan fingerprint density at radius 3 is 3.00 bits per heavy atom. The van der Waals surface area contributed by atoms with Gasteiger partial charge in [-0.2, -0.15) is 0 Å². The number of hydrogen-bond donors (Lipinski definition) is 1. The molecule has 1 aromatic rings. The second-order valence-electron chi connectivity index (χ2n) is 2.47. The zero-order valence-electron chi connectivity index (χ0n) is 7.51. The highest BCUT2D eigenvalue weighted by molar-refractivity contribution is 9.10. The van der Waals surface area contributed by atoms with Gasteiger partial charge in [0.1, 0.15) is 0 Å². The molecule has 0 aliphatic heterocycles. The molecule has 14 heavy (non-hydrogen) atoms. The molecule has 0 radical (unpaired) electrons. The van der Waals surface area contributed by atoms with Crippen LogP contribution in [-0.4, -0.2) is 12.5 Å². The van der Waals surface area contributed by atoms with E-state index in [-0.39, 0.29) is 5.91 Å². The number of benzene rings is 1. The van der Waals surface area contributed by atoms with Gasteiger partial charge in [0.2, 0.25) is 0 Å². The van der Waals surface area contributed by atoms with Crippen molar-refractivity contribution in [3.05, 3.63) is 33.3 Å². The lowest BCUT2D eigenvalue weighted by Gasteiger charge is -2.06. The molecule has 0 fully saturated rings. The minimum absolute atomic E-state index is 0.349. The fourth-order valence-electron chi connectivity index (χ4n) is 0.872. The molecule has 76 valence electrons. The summed E-state index contributed by atoms with van der Waals surface area (Å²) in [5, 5.41) is 0.379. The van der Waals surface area contributed by atoms with Crippen LogP contribution in [-0.2, 0) is 4.84 Å². The first-order valence-electron chi connectivity index (χ1n) is 4.03. The predicted molar refractivity (Wildman–Crippen MR) is 58.2 cm³/mol. The van der Waals surface area contributed by atoms with Crippen LogP contribution in [0.3, 0.4) is 0 Å². The SMILES string of the molecule is CCONC(=O)c1cccc(Br)c1Cl. The van der Waals surface area contributed by atoms with Gasteiger partial charge in [0.05, 0.1) is 17.2 Å². The van der Waals surface area contributed by atoms with E-state index in [1.54, 1.807) is 25.1 Å². The average molecular weight is 279 g/mol. The summed E-state index contributed by atoms with van der Waals surface area (Å²) in [6, 6.07) is 5.12. The van der Waals surface area contributed by atoms with Gasteiger partial charge in [0.25, 0.3) is 5.91 Å². The van der Waals surface area contributed by atoms with E-state index in [0.29, 0.717) is 21.7 Å². The summed E-state index contributed by atoms with van der Waals surface area (Å²) in [4.78, 5) is 16.2.